The third-order valence-electron chi connectivity index (χ3n) is 3.07. The van der Waals surface area contributed by atoms with E-state index in [-0.39, 0.29) is 12.0 Å². The van der Waals surface area contributed by atoms with Gasteiger partial charge in [0.25, 0.3) is 5.91 Å². The largest absolute Gasteiger partial charge is 0.491 e. The zero-order valence-corrected chi connectivity index (χ0v) is 12.2. The monoisotopic (exact) mass is 285 g/mol. The van der Waals surface area contributed by atoms with E-state index in [1.807, 2.05) is 6.92 Å². The molecule has 5 heteroatoms. The Morgan fingerprint density at radius 1 is 1.29 bits per heavy atom. The van der Waals surface area contributed by atoms with Crippen molar-refractivity contribution >= 4 is 17.4 Å². The van der Waals surface area contributed by atoms with Gasteiger partial charge in [0.1, 0.15) is 11.6 Å². The summed E-state index contributed by atoms with van der Waals surface area (Å²) in [5.41, 5.74) is 6.66. The van der Waals surface area contributed by atoms with Gasteiger partial charge in [-0.3, -0.25) is 4.79 Å². The SMILES string of the molecule is CCC(C)Oc1ccc(C(=O)Nc2ccc(N)nc2)cc1. The lowest BCUT2D eigenvalue weighted by Gasteiger charge is -2.12. The van der Waals surface area contributed by atoms with Crippen LogP contribution in [0.1, 0.15) is 30.6 Å². The maximum atomic E-state index is 12.1. The van der Waals surface area contributed by atoms with Crippen LogP contribution in [0, 0.1) is 0 Å². The van der Waals surface area contributed by atoms with E-state index in [0.29, 0.717) is 17.1 Å². The Bertz CT molecular complexity index is 594. The van der Waals surface area contributed by atoms with Gasteiger partial charge in [0.05, 0.1) is 18.0 Å². The van der Waals surface area contributed by atoms with Gasteiger partial charge in [-0.2, -0.15) is 0 Å². The average molecular weight is 285 g/mol. The van der Waals surface area contributed by atoms with Gasteiger partial charge in [-0.15, -0.1) is 0 Å². The van der Waals surface area contributed by atoms with Gasteiger partial charge in [-0.05, 0) is 49.7 Å². The van der Waals surface area contributed by atoms with Gasteiger partial charge < -0.3 is 15.8 Å². The molecule has 110 valence electrons. The number of benzene rings is 1. The molecule has 1 heterocycles. The zero-order chi connectivity index (χ0) is 15.2. The Labute approximate surface area is 124 Å². The molecule has 2 rings (SSSR count). The normalized spacial score (nSPS) is 11.7. The Kier molecular flexibility index (Phi) is 4.77. The number of hydrogen-bond acceptors (Lipinski definition) is 4. The van der Waals surface area contributed by atoms with Crippen LogP contribution in [0.15, 0.2) is 42.6 Å². The van der Waals surface area contributed by atoms with Gasteiger partial charge in [0.15, 0.2) is 0 Å². The smallest absolute Gasteiger partial charge is 0.255 e. The van der Waals surface area contributed by atoms with E-state index in [2.05, 4.69) is 17.2 Å². The number of pyridine rings is 1. The summed E-state index contributed by atoms with van der Waals surface area (Å²) >= 11 is 0. The number of amides is 1. The Morgan fingerprint density at radius 2 is 2.00 bits per heavy atom. The topological polar surface area (TPSA) is 77.2 Å². The Hall–Kier alpha value is -2.56. The van der Waals surface area contributed by atoms with Crippen molar-refractivity contribution in [3.63, 3.8) is 0 Å². The number of ether oxygens (including phenoxy) is 1. The summed E-state index contributed by atoms with van der Waals surface area (Å²) in [7, 11) is 0. The second-order valence-corrected chi connectivity index (χ2v) is 4.79. The fourth-order valence-electron chi connectivity index (χ4n) is 1.68. The van der Waals surface area contributed by atoms with E-state index in [1.54, 1.807) is 36.4 Å². The summed E-state index contributed by atoms with van der Waals surface area (Å²) in [5, 5.41) is 2.76. The Balaban J connectivity index is 2.01. The van der Waals surface area contributed by atoms with Crippen LogP contribution < -0.4 is 15.8 Å². The number of rotatable bonds is 5. The third-order valence-corrected chi connectivity index (χ3v) is 3.07. The summed E-state index contributed by atoms with van der Waals surface area (Å²) in [5.74, 6) is 0.978. The van der Waals surface area contributed by atoms with Crippen molar-refractivity contribution in [1.82, 2.24) is 4.98 Å². The second kappa shape index (κ2) is 6.74. The van der Waals surface area contributed by atoms with Crippen LogP contribution in [0.3, 0.4) is 0 Å². The first-order valence-corrected chi connectivity index (χ1v) is 6.88. The summed E-state index contributed by atoms with van der Waals surface area (Å²) in [6, 6.07) is 10.4. The number of nitrogens with zero attached hydrogens (tertiary/aromatic N) is 1. The van der Waals surface area contributed by atoms with Gasteiger partial charge in [0, 0.05) is 5.56 Å². The van der Waals surface area contributed by atoms with Crippen LogP contribution in [0.5, 0.6) is 5.75 Å². The van der Waals surface area contributed by atoms with E-state index in [4.69, 9.17) is 10.5 Å². The first kappa shape index (κ1) is 14.8. The van der Waals surface area contributed by atoms with Crippen LogP contribution in [-0.4, -0.2) is 17.0 Å². The molecule has 0 bridgehead atoms. The number of nitrogens with two attached hydrogens (primary N) is 1. The number of anilines is 2. The molecule has 5 nitrogen and oxygen atoms in total. The molecule has 1 unspecified atom stereocenters. The molecule has 1 atom stereocenters. The average Bonchev–Trinajstić information content (AvgIpc) is 2.50. The first-order chi connectivity index (χ1) is 10.1. The summed E-state index contributed by atoms with van der Waals surface area (Å²) < 4.78 is 5.67. The molecular formula is C16H19N3O2. The minimum absolute atomic E-state index is 0.158. The van der Waals surface area contributed by atoms with Gasteiger partial charge in [-0.1, -0.05) is 6.92 Å². The molecule has 0 spiro atoms. The van der Waals surface area contributed by atoms with Crippen molar-refractivity contribution in [1.29, 1.82) is 0 Å². The van der Waals surface area contributed by atoms with Crippen LogP contribution in [0.25, 0.3) is 0 Å². The van der Waals surface area contributed by atoms with E-state index in [1.165, 1.54) is 6.20 Å². The molecule has 0 aliphatic carbocycles. The van der Waals surface area contributed by atoms with Crippen molar-refractivity contribution in [3.05, 3.63) is 48.2 Å². The van der Waals surface area contributed by atoms with E-state index >= 15 is 0 Å². The molecule has 21 heavy (non-hydrogen) atoms. The zero-order valence-electron chi connectivity index (χ0n) is 12.2. The molecule has 1 amide bonds. The maximum absolute atomic E-state index is 12.1. The molecule has 0 fully saturated rings. The fourth-order valence-corrected chi connectivity index (χ4v) is 1.68. The van der Waals surface area contributed by atoms with Crippen LogP contribution >= 0.6 is 0 Å². The van der Waals surface area contributed by atoms with Gasteiger partial charge in [0.2, 0.25) is 0 Å². The standard InChI is InChI=1S/C16H19N3O2/c1-3-11(2)21-14-7-4-12(5-8-14)16(20)19-13-6-9-15(17)18-10-13/h4-11H,3H2,1-2H3,(H2,17,18)(H,19,20). The van der Waals surface area contributed by atoms with Gasteiger partial charge in [-0.25, -0.2) is 4.98 Å². The highest BCUT2D eigenvalue weighted by Gasteiger charge is 2.07. The molecular weight excluding hydrogens is 266 g/mol. The number of nitrogen functional groups attached to an aromatic ring is 1. The first-order valence-electron chi connectivity index (χ1n) is 6.88. The number of aromatic nitrogens is 1. The quantitative estimate of drug-likeness (QED) is 0.885. The predicted molar refractivity (Wildman–Crippen MR) is 83.4 cm³/mol. The maximum Gasteiger partial charge on any atom is 0.255 e. The second-order valence-electron chi connectivity index (χ2n) is 4.79. The molecule has 0 aliphatic heterocycles. The molecule has 2 aromatic rings. The van der Waals surface area contributed by atoms with Crippen LogP contribution in [-0.2, 0) is 0 Å². The number of nitrogens with one attached hydrogen (secondary N) is 1. The highest BCUT2D eigenvalue weighted by Crippen LogP contribution is 2.16. The highest BCUT2D eigenvalue weighted by atomic mass is 16.5. The molecule has 0 aliphatic rings. The fraction of sp³-hybridized carbons (Fsp3) is 0.250. The van der Waals surface area contributed by atoms with E-state index in [9.17, 15) is 4.79 Å². The molecule has 0 radical (unpaired) electrons. The van der Waals surface area contributed by atoms with E-state index in [0.717, 1.165) is 12.2 Å². The van der Waals surface area contributed by atoms with Crippen molar-refractivity contribution in [2.24, 2.45) is 0 Å². The predicted octanol–water partition coefficient (Wildman–Crippen LogP) is 3.09. The van der Waals surface area contributed by atoms with Crippen molar-refractivity contribution in [3.8, 4) is 5.75 Å². The number of carbonyl (C=O) groups is 1. The Morgan fingerprint density at radius 3 is 2.57 bits per heavy atom. The summed E-state index contributed by atoms with van der Waals surface area (Å²) in [6.07, 6.45) is 2.62. The van der Waals surface area contributed by atoms with Crippen LogP contribution in [0.4, 0.5) is 11.5 Å². The molecule has 0 saturated carbocycles. The minimum atomic E-state index is -0.198. The van der Waals surface area contributed by atoms with Crippen LogP contribution in [0.2, 0.25) is 0 Å². The molecule has 1 aromatic carbocycles. The third kappa shape index (κ3) is 4.21. The number of carbonyl (C=O) groups excluding carboxylic acids is 1. The minimum Gasteiger partial charge on any atom is -0.491 e. The summed E-state index contributed by atoms with van der Waals surface area (Å²) in [4.78, 5) is 16.0. The molecule has 1 aromatic heterocycles. The van der Waals surface area contributed by atoms with Crippen molar-refractivity contribution < 1.29 is 9.53 Å². The van der Waals surface area contributed by atoms with Crippen molar-refractivity contribution in [2.45, 2.75) is 26.4 Å². The lowest BCUT2D eigenvalue weighted by Crippen LogP contribution is -2.13. The number of hydrogen-bond donors (Lipinski definition) is 2. The molecule has 0 saturated heterocycles. The van der Waals surface area contributed by atoms with Crippen molar-refractivity contribution in [2.75, 3.05) is 11.1 Å². The lowest BCUT2D eigenvalue weighted by atomic mass is 10.2. The lowest BCUT2D eigenvalue weighted by molar-refractivity contribution is 0.102. The van der Waals surface area contributed by atoms with Gasteiger partial charge >= 0.3 is 0 Å². The summed E-state index contributed by atoms with van der Waals surface area (Å²) in [6.45, 7) is 4.07. The van der Waals surface area contributed by atoms with E-state index < -0.39 is 0 Å². The highest BCUT2D eigenvalue weighted by molar-refractivity contribution is 6.04. The molecule has 3 N–H and O–H groups in total.